The minimum absolute atomic E-state index is 0.0548. The van der Waals surface area contributed by atoms with Crippen LogP contribution in [0, 0.1) is 11.6 Å². The summed E-state index contributed by atoms with van der Waals surface area (Å²) in [5.41, 5.74) is 5.06. The summed E-state index contributed by atoms with van der Waals surface area (Å²) in [7, 11) is 0. The van der Waals surface area contributed by atoms with Crippen molar-refractivity contribution in [3.63, 3.8) is 0 Å². The Labute approximate surface area is 122 Å². The largest absolute Gasteiger partial charge is 0.434 e. The van der Waals surface area contributed by atoms with Crippen LogP contribution in [0.5, 0.6) is 0 Å². The van der Waals surface area contributed by atoms with E-state index in [1.54, 1.807) is 0 Å². The number of anilines is 1. The van der Waals surface area contributed by atoms with Crippen molar-refractivity contribution in [2.45, 2.75) is 25.4 Å². The fourth-order valence-corrected chi connectivity index (χ4v) is 2.76. The standard InChI is InChI=1S/C15H11F5N2/c16-9-5-4-7(6-10(9)17)12-13(21)8-2-1-3-11(8)22-14(12)15(18,19)20/h4-6H,1-3H2,(H2,21,22). The van der Waals surface area contributed by atoms with Crippen LogP contribution < -0.4 is 5.73 Å². The van der Waals surface area contributed by atoms with Crippen LogP contribution in [0.3, 0.4) is 0 Å². The summed E-state index contributed by atoms with van der Waals surface area (Å²) in [6, 6.07) is 2.55. The van der Waals surface area contributed by atoms with Gasteiger partial charge in [-0.25, -0.2) is 13.8 Å². The Morgan fingerprint density at radius 2 is 1.77 bits per heavy atom. The lowest BCUT2D eigenvalue weighted by molar-refractivity contribution is -0.140. The number of nitrogen functional groups attached to an aromatic ring is 1. The number of alkyl halides is 3. The van der Waals surface area contributed by atoms with Gasteiger partial charge in [-0.3, -0.25) is 0 Å². The van der Waals surface area contributed by atoms with E-state index >= 15 is 0 Å². The minimum Gasteiger partial charge on any atom is -0.398 e. The van der Waals surface area contributed by atoms with E-state index in [4.69, 9.17) is 5.73 Å². The topological polar surface area (TPSA) is 38.9 Å². The lowest BCUT2D eigenvalue weighted by Gasteiger charge is -2.17. The number of aryl methyl sites for hydroxylation is 1. The number of halogens is 5. The molecule has 1 aliphatic rings. The first kappa shape index (κ1) is 14.7. The zero-order chi connectivity index (χ0) is 16.1. The predicted molar refractivity (Wildman–Crippen MR) is 71.0 cm³/mol. The average Bonchev–Trinajstić information content (AvgIpc) is 2.90. The molecule has 2 nitrogen and oxygen atoms in total. The molecule has 1 aromatic carbocycles. The fourth-order valence-electron chi connectivity index (χ4n) is 2.76. The molecule has 1 aromatic heterocycles. The second kappa shape index (κ2) is 4.93. The SMILES string of the molecule is Nc1c2c(nc(C(F)(F)F)c1-c1ccc(F)c(F)c1)CCC2. The third-order valence-corrected chi connectivity index (χ3v) is 3.74. The summed E-state index contributed by atoms with van der Waals surface area (Å²) in [5.74, 6) is -2.37. The van der Waals surface area contributed by atoms with E-state index in [9.17, 15) is 22.0 Å². The molecule has 0 saturated heterocycles. The van der Waals surface area contributed by atoms with Gasteiger partial charge in [0.15, 0.2) is 17.3 Å². The molecule has 3 rings (SSSR count). The molecular weight excluding hydrogens is 303 g/mol. The molecule has 0 spiro atoms. The maximum atomic E-state index is 13.4. The average molecular weight is 314 g/mol. The summed E-state index contributed by atoms with van der Waals surface area (Å²) in [5, 5.41) is 0. The zero-order valence-corrected chi connectivity index (χ0v) is 11.3. The van der Waals surface area contributed by atoms with Crippen LogP contribution in [0.1, 0.15) is 23.4 Å². The highest BCUT2D eigenvalue weighted by Gasteiger charge is 2.39. The van der Waals surface area contributed by atoms with Crippen LogP contribution in [0.25, 0.3) is 11.1 Å². The molecule has 2 aromatic rings. The predicted octanol–water partition coefficient (Wildman–Crippen LogP) is 4.12. The summed E-state index contributed by atoms with van der Waals surface area (Å²) in [4.78, 5) is 3.69. The van der Waals surface area contributed by atoms with Gasteiger partial charge in [-0.1, -0.05) is 6.07 Å². The highest BCUT2D eigenvalue weighted by atomic mass is 19.4. The van der Waals surface area contributed by atoms with E-state index < -0.39 is 23.5 Å². The van der Waals surface area contributed by atoms with E-state index in [1.807, 2.05) is 0 Å². The van der Waals surface area contributed by atoms with Crippen LogP contribution in [0.4, 0.5) is 27.6 Å². The number of pyridine rings is 1. The van der Waals surface area contributed by atoms with Gasteiger partial charge in [0.2, 0.25) is 0 Å². The molecular formula is C15H11F5N2. The Morgan fingerprint density at radius 1 is 1.05 bits per heavy atom. The van der Waals surface area contributed by atoms with Gasteiger partial charge in [0.1, 0.15) is 0 Å². The van der Waals surface area contributed by atoms with Crippen LogP contribution in [0.2, 0.25) is 0 Å². The minimum atomic E-state index is -4.73. The molecule has 0 amide bonds. The zero-order valence-electron chi connectivity index (χ0n) is 11.3. The molecule has 0 atom stereocenters. The van der Waals surface area contributed by atoms with Crippen molar-refractivity contribution in [3.05, 3.63) is 46.8 Å². The van der Waals surface area contributed by atoms with Gasteiger partial charge in [0, 0.05) is 16.9 Å². The number of fused-ring (bicyclic) bond motifs is 1. The Kier molecular flexibility index (Phi) is 3.30. The van der Waals surface area contributed by atoms with Gasteiger partial charge in [-0.2, -0.15) is 13.2 Å². The normalized spacial score (nSPS) is 14.2. The fraction of sp³-hybridized carbons (Fsp3) is 0.267. The highest BCUT2D eigenvalue weighted by molar-refractivity contribution is 5.81. The third kappa shape index (κ3) is 2.30. The molecule has 0 bridgehead atoms. The Morgan fingerprint density at radius 3 is 2.41 bits per heavy atom. The Hall–Kier alpha value is -2.18. The first-order chi connectivity index (χ1) is 10.3. The van der Waals surface area contributed by atoms with Crippen LogP contribution in [-0.2, 0) is 19.0 Å². The van der Waals surface area contributed by atoms with Crippen molar-refractivity contribution in [3.8, 4) is 11.1 Å². The number of hydrogen-bond donors (Lipinski definition) is 1. The lowest BCUT2D eigenvalue weighted by Crippen LogP contribution is -2.14. The van der Waals surface area contributed by atoms with Gasteiger partial charge < -0.3 is 5.73 Å². The third-order valence-electron chi connectivity index (χ3n) is 3.74. The second-order valence-electron chi connectivity index (χ2n) is 5.15. The Bertz CT molecular complexity index is 753. The number of nitrogens with zero attached hydrogens (tertiary/aromatic N) is 1. The number of rotatable bonds is 1. The summed E-state index contributed by atoms with van der Waals surface area (Å²) < 4.78 is 66.2. The van der Waals surface area contributed by atoms with Gasteiger partial charge in [-0.05, 0) is 42.5 Å². The molecule has 1 aliphatic carbocycles. The molecule has 2 N–H and O–H groups in total. The summed E-state index contributed by atoms with van der Waals surface area (Å²) in [6.45, 7) is 0. The summed E-state index contributed by atoms with van der Waals surface area (Å²) in [6.07, 6.45) is -3.10. The smallest absolute Gasteiger partial charge is 0.398 e. The quantitative estimate of drug-likeness (QED) is 0.804. The second-order valence-corrected chi connectivity index (χ2v) is 5.15. The first-order valence-corrected chi connectivity index (χ1v) is 6.63. The van der Waals surface area contributed by atoms with Crippen molar-refractivity contribution in [2.24, 2.45) is 0 Å². The van der Waals surface area contributed by atoms with Gasteiger partial charge in [-0.15, -0.1) is 0 Å². The molecule has 0 saturated carbocycles. The van der Waals surface area contributed by atoms with E-state index in [2.05, 4.69) is 4.98 Å². The van der Waals surface area contributed by atoms with Gasteiger partial charge in [0.05, 0.1) is 0 Å². The molecule has 0 fully saturated rings. The lowest BCUT2D eigenvalue weighted by atomic mass is 9.97. The van der Waals surface area contributed by atoms with E-state index in [0.29, 0.717) is 36.6 Å². The van der Waals surface area contributed by atoms with Crippen molar-refractivity contribution >= 4 is 5.69 Å². The molecule has 116 valence electrons. The molecule has 22 heavy (non-hydrogen) atoms. The number of nitrogens with two attached hydrogens (primary N) is 1. The molecule has 0 aliphatic heterocycles. The maximum absolute atomic E-state index is 13.4. The van der Waals surface area contributed by atoms with Crippen LogP contribution >= 0.6 is 0 Å². The molecule has 7 heteroatoms. The van der Waals surface area contributed by atoms with Gasteiger partial charge in [0.25, 0.3) is 0 Å². The molecule has 0 unspecified atom stereocenters. The summed E-state index contributed by atoms with van der Waals surface area (Å²) >= 11 is 0. The van der Waals surface area contributed by atoms with Crippen molar-refractivity contribution < 1.29 is 22.0 Å². The van der Waals surface area contributed by atoms with E-state index in [0.717, 1.165) is 12.1 Å². The number of benzene rings is 1. The number of hydrogen-bond acceptors (Lipinski definition) is 2. The Balaban J connectivity index is 2.31. The molecule has 1 heterocycles. The van der Waals surface area contributed by atoms with Crippen molar-refractivity contribution in [2.75, 3.05) is 5.73 Å². The maximum Gasteiger partial charge on any atom is 0.434 e. The number of aromatic nitrogens is 1. The first-order valence-electron chi connectivity index (χ1n) is 6.63. The van der Waals surface area contributed by atoms with Gasteiger partial charge >= 0.3 is 6.18 Å². The van der Waals surface area contributed by atoms with E-state index in [-0.39, 0.29) is 16.8 Å². The monoisotopic (exact) mass is 314 g/mol. The highest BCUT2D eigenvalue weighted by Crippen LogP contribution is 2.43. The van der Waals surface area contributed by atoms with E-state index in [1.165, 1.54) is 0 Å². The van der Waals surface area contributed by atoms with Crippen molar-refractivity contribution in [1.82, 2.24) is 4.98 Å². The molecule has 0 radical (unpaired) electrons. The van der Waals surface area contributed by atoms with Crippen molar-refractivity contribution in [1.29, 1.82) is 0 Å². The van der Waals surface area contributed by atoms with Crippen LogP contribution in [0.15, 0.2) is 18.2 Å². The van der Waals surface area contributed by atoms with Crippen LogP contribution in [-0.4, -0.2) is 4.98 Å².